The van der Waals surface area contributed by atoms with Gasteiger partial charge in [-0.05, 0) is 17.7 Å². The van der Waals surface area contributed by atoms with Gasteiger partial charge < -0.3 is 0 Å². The highest BCUT2D eigenvalue weighted by atomic mass is 127. The van der Waals surface area contributed by atoms with E-state index in [0.717, 1.165) is 10.0 Å². The van der Waals surface area contributed by atoms with Gasteiger partial charge in [0.05, 0.1) is 0 Å². The molecule has 3 rings (SSSR count). The molecule has 0 N–H and O–H groups in total. The van der Waals surface area contributed by atoms with Gasteiger partial charge in [0, 0.05) is 20.0 Å². The van der Waals surface area contributed by atoms with Crippen LogP contribution in [0.5, 0.6) is 0 Å². The van der Waals surface area contributed by atoms with E-state index in [1.165, 1.54) is 0 Å². The van der Waals surface area contributed by atoms with Crippen molar-refractivity contribution in [2.24, 2.45) is 0 Å². The zero-order valence-electron chi connectivity index (χ0n) is 10.4. The number of fused-ring (bicyclic) bond motifs is 1. The van der Waals surface area contributed by atoms with Crippen LogP contribution in [0.1, 0.15) is 26.3 Å². The second kappa shape index (κ2) is 5.07. The minimum absolute atomic E-state index is 0.0920. The molecule has 0 aliphatic heterocycles. The fourth-order valence-electron chi connectivity index (χ4n) is 2.66. The Morgan fingerprint density at radius 3 is 2.05 bits per heavy atom. The number of hydrogen-bond donors (Lipinski definition) is 0. The zero-order chi connectivity index (χ0) is 14.3. The Morgan fingerprint density at radius 1 is 0.950 bits per heavy atom. The highest BCUT2D eigenvalue weighted by Gasteiger charge is 2.53. The summed E-state index contributed by atoms with van der Waals surface area (Å²) < 4.78 is 1.31. The van der Waals surface area contributed by atoms with E-state index < -0.39 is 5.41 Å². The average Bonchev–Trinajstić information content (AvgIpc) is 2.69. The molecule has 20 heavy (non-hydrogen) atoms. The third kappa shape index (κ3) is 1.81. The van der Waals surface area contributed by atoms with E-state index in [9.17, 15) is 9.59 Å². The molecule has 1 aliphatic carbocycles. The Bertz CT molecular complexity index is 689. The lowest BCUT2D eigenvalue weighted by Crippen LogP contribution is -2.40. The Morgan fingerprint density at radius 2 is 1.55 bits per heavy atom. The van der Waals surface area contributed by atoms with E-state index in [4.69, 9.17) is 0 Å². The van der Waals surface area contributed by atoms with Gasteiger partial charge >= 0.3 is 0 Å². The molecular formula is C16H10BrIO2. The predicted molar refractivity (Wildman–Crippen MR) is 89.8 cm³/mol. The molecule has 100 valence electrons. The van der Waals surface area contributed by atoms with Crippen molar-refractivity contribution in [3.8, 4) is 0 Å². The molecular weight excluding hydrogens is 431 g/mol. The molecule has 0 aromatic heterocycles. The van der Waals surface area contributed by atoms with Gasteiger partial charge in [-0.15, -0.1) is 0 Å². The first-order valence-corrected chi connectivity index (χ1v) is 8.44. The van der Waals surface area contributed by atoms with Gasteiger partial charge in [-0.2, -0.15) is 0 Å². The molecule has 0 amide bonds. The zero-order valence-corrected chi connectivity index (χ0v) is 14.1. The summed E-state index contributed by atoms with van der Waals surface area (Å²) in [7, 11) is 0. The van der Waals surface area contributed by atoms with Crippen LogP contribution in [0.4, 0.5) is 0 Å². The molecule has 2 aromatic carbocycles. The topological polar surface area (TPSA) is 34.1 Å². The van der Waals surface area contributed by atoms with Crippen molar-refractivity contribution in [1.29, 1.82) is 0 Å². The number of hydrogen-bond acceptors (Lipinski definition) is 2. The van der Waals surface area contributed by atoms with E-state index in [1.54, 1.807) is 24.3 Å². The minimum atomic E-state index is -1.08. The van der Waals surface area contributed by atoms with Crippen molar-refractivity contribution >= 4 is 50.1 Å². The van der Waals surface area contributed by atoms with Crippen LogP contribution in [0.25, 0.3) is 0 Å². The Labute approximate surface area is 138 Å². The lowest BCUT2D eigenvalue weighted by Gasteiger charge is -2.24. The van der Waals surface area contributed by atoms with Crippen molar-refractivity contribution in [2.75, 3.05) is 4.43 Å². The summed E-state index contributed by atoms with van der Waals surface area (Å²) in [5.41, 5.74) is 0.754. The van der Waals surface area contributed by atoms with Crippen molar-refractivity contribution in [3.63, 3.8) is 0 Å². The van der Waals surface area contributed by atoms with Gasteiger partial charge in [-0.3, -0.25) is 9.59 Å². The smallest absolute Gasteiger partial charge is 0.182 e. The number of benzene rings is 2. The second-order valence-electron chi connectivity index (χ2n) is 4.75. The van der Waals surface area contributed by atoms with E-state index >= 15 is 0 Å². The summed E-state index contributed by atoms with van der Waals surface area (Å²) in [6, 6.07) is 14.5. The molecule has 0 atom stereocenters. The molecule has 0 saturated carbocycles. The Kier molecular flexibility index (Phi) is 3.54. The highest BCUT2D eigenvalue weighted by Crippen LogP contribution is 2.41. The monoisotopic (exact) mass is 440 g/mol. The third-order valence-electron chi connectivity index (χ3n) is 3.71. The lowest BCUT2D eigenvalue weighted by atomic mass is 9.78. The van der Waals surface area contributed by atoms with Gasteiger partial charge in [-0.25, -0.2) is 0 Å². The predicted octanol–water partition coefficient (Wildman–Crippen LogP) is 4.20. The van der Waals surface area contributed by atoms with Crippen molar-refractivity contribution in [2.45, 2.75) is 5.41 Å². The fraction of sp³-hybridized carbons (Fsp3) is 0.125. The highest BCUT2D eigenvalue weighted by molar-refractivity contribution is 14.1. The molecule has 0 radical (unpaired) electrons. The largest absolute Gasteiger partial charge is 0.293 e. The number of Topliss-reactive ketones (excluding diaryl/α,β-unsaturated/α-hetero) is 2. The van der Waals surface area contributed by atoms with Gasteiger partial charge in [-0.1, -0.05) is 74.9 Å². The summed E-state index contributed by atoms with van der Waals surface area (Å²) in [5.74, 6) is -0.184. The van der Waals surface area contributed by atoms with Crippen LogP contribution in [-0.2, 0) is 5.41 Å². The van der Waals surface area contributed by atoms with E-state index in [0.29, 0.717) is 15.6 Å². The summed E-state index contributed by atoms with van der Waals surface area (Å²) in [6.45, 7) is 0. The summed E-state index contributed by atoms with van der Waals surface area (Å²) >= 11 is 5.54. The maximum absolute atomic E-state index is 12.8. The van der Waals surface area contributed by atoms with Crippen LogP contribution in [-0.4, -0.2) is 16.0 Å². The number of carbonyl (C=O) groups is 2. The minimum Gasteiger partial charge on any atom is -0.293 e. The number of alkyl halides is 1. The van der Waals surface area contributed by atoms with Gasteiger partial charge in [0.2, 0.25) is 0 Å². The SMILES string of the molecule is O=C1c2ccccc2C(=O)C1(CI)c1cccc(Br)c1. The molecule has 4 heteroatoms. The quantitative estimate of drug-likeness (QED) is 0.398. The Hall–Kier alpha value is -1.01. The molecule has 2 nitrogen and oxygen atoms in total. The second-order valence-corrected chi connectivity index (χ2v) is 6.43. The van der Waals surface area contributed by atoms with E-state index in [-0.39, 0.29) is 11.6 Å². The molecule has 0 unspecified atom stereocenters. The fourth-order valence-corrected chi connectivity index (χ4v) is 4.19. The molecule has 0 saturated heterocycles. The molecule has 0 fully saturated rings. The first-order valence-electron chi connectivity index (χ1n) is 6.12. The first-order chi connectivity index (χ1) is 9.61. The van der Waals surface area contributed by atoms with Crippen molar-refractivity contribution < 1.29 is 9.59 Å². The standard InChI is InChI=1S/C16H10BrIO2/c17-11-5-3-4-10(8-11)16(9-18)14(19)12-6-1-2-7-13(12)15(16)20/h1-8H,9H2. The maximum atomic E-state index is 12.8. The normalized spacial score (nSPS) is 16.3. The Balaban J connectivity index is 2.26. The van der Waals surface area contributed by atoms with Crippen molar-refractivity contribution in [3.05, 3.63) is 69.7 Å². The number of carbonyl (C=O) groups excluding carboxylic acids is 2. The number of ketones is 2. The van der Waals surface area contributed by atoms with Gasteiger partial charge in [0.1, 0.15) is 5.41 Å². The molecule has 0 heterocycles. The van der Waals surface area contributed by atoms with E-state index in [1.807, 2.05) is 24.3 Å². The van der Waals surface area contributed by atoms with Crippen molar-refractivity contribution in [1.82, 2.24) is 0 Å². The van der Waals surface area contributed by atoms with Gasteiger partial charge in [0.15, 0.2) is 11.6 Å². The third-order valence-corrected chi connectivity index (χ3v) is 5.35. The average molecular weight is 441 g/mol. The maximum Gasteiger partial charge on any atom is 0.182 e. The van der Waals surface area contributed by atoms with Crippen LogP contribution >= 0.6 is 38.5 Å². The van der Waals surface area contributed by atoms with Crippen LogP contribution in [0, 0.1) is 0 Å². The molecule has 2 aromatic rings. The van der Waals surface area contributed by atoms with Crippen LogP contribution in [0.3, 0.4) is 0 Å². The number of rotatable bonds is 2. The van der Waals surface area contributed by atoms with Crippen LogP contribution < -0.4 is 0 Å². The molecule has 1 aliphatic rings. The molecule has 0 bridgehead atoms. The summed E-state index contributed by atoms with van der Waals surface area (Å²) in [5, 5.41) is 0. The van der Waals surface area contributed by atoms with Crippen LogP contribution in [0.2, 0.25) is 0 Å². The lowest BCUT2D eigenvalue weighted by molar-refractivity contribution is 0.0817. The summed E-state index contributed by atoms with van der Waals surface area (Å²) in [4.78, 5) is 25.7. The molecule has 0 spiro atoms. The summed E-state index contributed by atoms with van der Waals surface area (Å²) in [6.07, 6.45) is 0. The van der Waals surface area contributed by atoms with E-state index in [2.05, 4.69) is 38.5 Å². The number of halogens is 2. The van der Waals surface area contributed by atoms with Crippen LogP contribution in [0.15, 0.2) is 53.0 Å². The van der Waals surface area contributed by atoms with Gasteiger partial charge in [0.25, 0.3) is 0 Å². The first kappa shape index (κ1) is 13.9.